The number of hydrogen-bond donors (Lipinski definition) is 1. The van der Waals surface area contributed by atoms with Gasteiger partial charge in [0, 0.05) is 29.2 Å². The van der Waals surface area contributed by atoms with Gasteiger partial charge in [-0.05, 0) is 43.5 Å². The molecule has 2 amide bonds. The summed E-state index contributed by atoms with van der Waals surface area (Å²) in [6, 6.07) is 9.83. The van der Waals surface area contributed by atoms with Crippen molar-refractivity contribution in [3.8, 4) is 5.75 Å². The van der Waals surface area contributed by atoms with Crippen LogP contribution < -0.4 is 14.4 Å². The lowest BCUT2D eigenvalue weighted by atomic mass is 10.1. The number of rotatable bonds is 11. The third-order valence-corrected chi connectivity index (χ3v) is 8.11. The Labute approximate surface area is 230 Å². The second kappa shape index (κ2) is 12.6. The zero-order valence-electron chi connectivity index (χ0n) is 21.4. The molecule has 3 rings (SSSR count). The highest BCUT2D eigenvalue weighted by Crippen LogP contribution is 2.34. The van der Waals surface area contributed by atoms with Crippen LogP contribution in [0, 0.1) is 10.1 Å². The number of hydrogen-bond acceptors (Lipinski definition) is 7. The molecule has 1 atom stereocenters. The summed E-state index contributed by atoms with van der Waals surface area (Å²) >= 11 is 3.37. The summed E-state index contributed by atoms with van der Waals surface area (Å²) in [5.41, 5.74) is 0.225. The molecule has 0 unspecified atom stereocenters. The Morgan fingerprint density at radius 3 is 2.37 bits per heavy atom. The molecule has 0 aromatic heterocycles. The molecule has 2 aromatic carbocycles. The number of nitrogens with one attached hydrogen (secondary N) is 1. The van der Waals surface area contributed by atoms with Gasteiger partial charge in [-0.1, -0.05) is 40.9 Å². The van der Waals surface area contributed by atoms with Crippen LogP contribution in [0.1, 0.15) is 38.2 Å². The van der Waals surface area contributed by atoms with Crippen molar-refractivity contribution in [1.29, 1.82) is 0 Å². The standard InChI is InChI=1S/C25H31BrN4O7S/c1-17(25(32)27-20-6-4-5-7-20)28(15-18-8-10-19(26)11-9-18)24(31)16-29(38(3,35)36)22-14-21(30(33)34)12-13-23(22)37-2/h8-14,17,20H,4-7,15-16H2,1-3H3,(H,27,32)/t17-/m1/s1. The maximum atomic E-state index is 13.7. The van der Waals surface area contributed by atoms with E-state index in [9.17, 15) is 28.1 Å². The van der Waals surface area contributed by atoms with E-state index < -0.39 is 33.4 Å². The third-order valence-electron chi connectivity index (χ3n) is 6.46. The highest BCUT2D eigenvalue weighted by molar-refractivity contribution is 9.10. The molecule has 38 heavy (non-hydrogen) atoms. The molecule has 1 N–H and O–H groups in total. The quantitative estimate of drug-likeness (QED) is 0.303. The molecule has 1 saturated carbocycles. The van der Waals surface area contributed by atoms with E-state index >= 15 is 0 Å². The van der Waals surface area contributed by atoms with Crippen molar-refractivity contribution >= 4 is 49.1 Å². The fraction of sp³-hybridized carbons (Fsp3) is 0.440. The zero-order valence-corrected chi connectivity index (χ0v) is 23.8. The number of carbonyl (C=O) groups is 2. The molecule has 206 valence electrons. The van der Waals surface area contributed by atoms with Crippen LogP contribution in [-0.2, 0) is 26.2 Å². The number of amides is 2. The summed E-state index contributed by atoms with van der Waals surface area (Å²) in [7, 11) is -2.79. The van der Waals surface area contributed by atoms with Crippen LogP contribution in [0.2, 0.25) is 0 Å². The number of methoxy groups -OCH3 is 1. The number of halogens is 1. The lowest BCUT2D eigenvalue weighted by Crippen LogP contribution is -2.52. The minimum absolute atomic E-state index is 0.0382. The number of nitro groups is 1. The summed E-state index contributed by atoms with van der Waals surface area (Å²) in [4.78, 5) is 38.8. The first-order valence-electron chi connectivity index (χ1n) is 12.0. The van der Waals surface area contributed by atoms with Crippen molar-refractivity contribution < 1.29 is 27.7 Å². The van der Waals surface area contributed by atoms with Gasteiger partial charge in [-0.25, -0.2) is 8.42 Å². The Hall–Kier alpha value is -3.19. The van der Waals surface area contributed by atoms with E-state index in [2.05, 4.69) is 21.2 Å². The van der Waals surface area contributed by atoms with Gasteiger partial charge in [0.2, 0.25) is 21.8 Å². The van der Waals surface area contributed by atoms with E-state index in [4.69, 9.17) is 4.74 Å². The number of ether oxygens (including phenoxy) is 1. The van der Waals surface area contributed by atoms with E-state index in [1.807, 2.05) is 0 Å². The van der Waals surface area contributed by atoms with Gasteiger partial charge < -0.3 is 15.0 Å². The molecule has 0 aliphatic heterocycles. The molecule has 1 fully saturated rings. The van der Waals surface area contributed by atoms with E-state index in [1.165, 1.54) is 24.1 Å². The number of nitro benzene ring substituents is 1. The molecule has 11 nitrogen and oxygen atoms in total. The molecule has 0 heterocycles. The van der Waals surface area contributed by atoms with Gasteiger partial charge in [-0.15, -0.1) is 0 Å². The number of anilines is 1. The summed E-state index contributed by atoms with van der Waals surface area (Å²) in [6.07, 6.45) is 4.68. The maximum Gasteiger partial charge on any atom is 0.271 e. The average molecular weight is 612 g/mol. The smallest absolute Gasteiger partial charge is 0.271 e. The van der Waals surface area contributed by atoms with E-state index in [-0.39, 0.29) is 35.6 Å². The predicted octanol–water partition coefficient (Wildman–Crippen LogP) is 3.61. The minimum Gasteiger partial charge on any atom is -0.495 e. The van der Waals surface area contributed by atoms with E-state index in [0.29, 0.717) is 0 Å². The fourth-order valence-electron chi connectivity index (χ4n) is 4.34. The minimum atomic E-state index is -4.09. The highest BCUT2D eigenvalue weighted by atomic mass is 79.9. The molecule has 1 aliphatic carbocycles. The van der Waals surface area contributed by atoms with Crippen LogP contribution in [0.15, 0.2) is 46.9 Å². The largest absolute Gasteiger partial charge is 0.495 e. The van der Waals surface area contributed by atoms with Gasteiger partial charge in [-0.2, -0.15) is 0 Å². The van der Waals surface area contributed by atoms with Crippen molar-refractivity contribution in [1.82, 2.24) is 10.2 Å². The van der Waals surface area contributed by atoms with Crippen LogP contribution in [0.4, 0.5) is 11.4 Å². The molecule has 13 heteroatoms. The summed E-state index contributed by atoms with van der Waals surface area (Å²) in [6.45, 7) is 0.961. The van der Waals surface area contributed by atoms with Crippen LogP contribution >= 0.6 is 15.9 Å². The number of non-ortho nitro benzene ring substituents is 1. The number of nitrogens with zero attached hydrogens (tertiary/aromatic N) is 3. The molecule has 0 bridgehead atoms. The number of sulfonamides is 1. The monoisotopic (exact) mass is 610 g/mol. The fourth-order valence-corrected chi connectivity index (χ4v) is 5.45. The Morgan fingerprint density at radius 1 is 1.18 bits per heavy atom. The Balaban J connectivity index is 1.96. The van der Waals surface area contributed by atoms with Gasteiger partial charge in [0.15, 0.2) is 0 Å². The van der Waals surface area contributed by atoms with Gasteiger partial charge in [-0.3, -0.25) is 24.0 Å². The van der Waals surface area contributed by atoms with Gasteiger partial charge in [0.25, 0.3) is 5.69 Å². The Morgan fingerprint density at radius 2 is 1.82 bits per heavy atom. The van der Waals surface area contributed by atoms with Crippen LogP contribution in [0.25, 0.3) is 0 Å². The summed E-state index contributed by atoms with van der Waals surface area (Å²) in [5.74, 6) is -0.942. The van der Waals surface area contributed by atoms with Crippen LogP contribution in [0.5, 0.6) is 5.75 Å². The highest BCUT2D eigenvalue weighted by Gasteiger charge is 2.33. The summed E-state index contributed by atoms with van der Waals surface area (Å²) in [5, 5.41) is 14.4. The zero-order chi connectivity index (χ0) is 28.0. The molecular weight excluding hydrogens is 580 g/mol. The van der Waals surface area contributed by atoms with Crippen molar-refractivity contribution in [2.24, 2.45) is 0 Å². The van der Waals surface area contributed by atoms with Gasteiger partial charge in [0.1, 0.15) is 24.0 Å². The SMILES string of the molecule is COc1ccc([N+](=O)[O-])cc1N(CC(=O)N(Cc1ccc(Br)cc1)[C@H](C)C(=O)NC1CCCC1)S(C)(=O)=O. The molecule has 0 radical (unpaired) electrons. The molecule has 0 spiro atoms. The number of carbonyl (C=O) groups excluding carboxylic acids is 2. The second-order valence-corrected chi connectivity index (χ2v) is 12.0. The lowest BCUT2D eigenvalue weighted by Gasteiger charge is -2.32. The van der Waals surface area contributed by atoms with Crippen molar-refractivity contribution in [3.05, 3.63) is 62.6 Å². The third kappa shape index (κ3) is 7.44. The molecule has 0 saturated heterocycles. The van der Waals surface area contributed by atoms with Crippen molar-refractivity contribution in [2.75, 3.05) is 24.2 Å². The van der Waals surface area contributed by atoms with Crippen LogP contribution in [-0.4, -0.2) is 62.0 Å². The van der Waals surface area contributed by atoms with Crippen molar-refractivity contribution in [3.63, 3.8) is 0 Å². The first kappa shape index (κ1) is 29.4. The van der Waals surface area contributed by atoms with Crippen LogP contribution in [0.3, 0.4) is 0 Å². The Kier molecular flexibility index (Phi) is 9.71. The number of benzene rings is 2. The Bertz CT molecular complexity index is 1280. The maximum absolute atomic E-state index is 13.7. The predicted molar refractivity (Wildman–Crippen MR) is 146 cm³/mol. The second-order valence-electron chi connectivity index (χ2n) is 9.20. The topological polar surface area (TPSA) is 139 Å². The van der Waals surface area contributed by atoms with Gasteiger partial charge >= 0.3 is 0 Å². The lowest BCUT2D eigenvalue weighted by molar-refractivity contribution is -0.384. The molecule has 1 aliphatic rings. The first-order valence-corrected chi connectivity index (χ1v) is 14.7. The van der Waals surface area contributed by atoms with E-state index in [1.54, 1.807) is 31.2 Å². The van der Waals surface area contributed by atoms with Crippen molar-refractivity contribution in [2.45, 2.75) is 51.2 Å². The molecular formula is C25H31BrN4O7S. The average Bonchev–Trinajstić information content (AvgIpc) is 3.38. The van der Waals surface area contributed by atoms with E-state index in [0.717, 1.165) is 52.3 Å². The van der Waals surface area contributed by atoms with Gasteiger partial charge in [0.05, 0.1) is 18.3 Å². The normalized spacial score (nSPS) is 14.5. The molecule has 2 aromatic rings. The summed E-state index contributed by atoms with van der Waals surface area (Å²) < 4.78 is 32.5. The first-order chi connectivity index (χ1) is 17.9.